The Morgan fingerprint density at radius 1 is 1.00 bits per heavy atom. The predicted octanol–water partition coefficient (Wildman–Crippen LogP) is 4.75. The summed E-state index contributed by atoms with van der Waals surface area (Å²) in [6.45, 7) is 0. The minimum Gasteiger partial charge on any atom is -0.496 e. The van der Waals surface area contributed by atoms with E-state index in [4.69, 9.17) is 25.8 Å². The number of carbonyl (C=O) groups is 1. The van der Waals surface area contributed by atoms with Crippen LogP contribution in [-0.4, -0.2) is 31.7 Å². The lowest BCUT2D eigenvalue weighted by molar-refractivity contribution is 0.104. The quantitative estimate of drug-likeness (QED) is 0.453. The zero-order valence-corrected chi connectivity index (χ0v) is 16.3. The van der Waals surface area contributed by atoms with E-state index in [-0.39, 0.29) is 5.78 Å². The van der Waals surface area contributed by atoms with Gasteiger partial charge in [-0.1, -0.05) is 29.8 Å². The van der Waals surface area contributed by atoms with E-state index in [1.54, 1.807) is 44.1 Å². The van der Waals surface area contributed by atoms with Crippen LogP contribution in [-0.2, 0) is 7.05 Å². The van der Waals surface area contributed by atoms with E-state index in [9.17, 15) is 4.79 Å². The number of fused-ring (bicyclic) bond motifs is 1. The first-order chi connectivity index (χ1) is 13.0. The monoisotopic (exact) mass is 385 g/mol. The molecule has 0 aliphatic carbocycles. The minimum atomic E-state index is -0.186. The number of halogens is 1. The van der Waals surface area contributed by atoms with Crippen molar-refractivity contribution >= 4 is 34.4 Å². The van der Waals surface area contributed by atoms with Crippen molar-refractivity contribution in [3.63, 3.8) is 0 Å². The summed E-state index contributed by atoms with van der Waals surface area (Å²) in [7, 11) is 6.50. The number of rotatable bonds is 6. The Hall–Kier alpha value is -2.92. The molecule has 1 aromatic heterocycles. The van der Waals surface area contributed by atoms with Gasteiger partial charge in [0.1, 0.15) is 10.9 Å². The molecule has 0 saturated carbocycles. The molecule has 0 fully saturated rings. The van der Waals surface area contributed by atoms with E-state index in [1.807, 2.05) is 31.3 Å². The van der Waals surface area contributed by atoms with Crippen molar-refractivity contribution in [2.24, 2.45) is 7.05 Å². The van der Waals surface area contributed by atoms with Crippen LogP contribution in [0.2, 0.25) is 5.15 Å². The van der Waals surface area contributed by atoms with Gasteiger partial charge in [-0.2, -0.15) is 0 Å². The third kappa shape index (κ3) is 3.38. The molecule has 27 heavy (non-hydrogen) atoms. The summed E-state index contributed by atoms with van der Waals surface area (Å²) in [4.78, 5) is 12.9. The van der Waals surface area contributed by atoms with Crippen LogP contribution < -0.4 is 14.2 Å². The number of aromatic nitrogens is 1. The third-order valence-electron chi connectivity index (χ3n) is 4.43. The highest BCUT2D eigenvalue weighted by Gasteiger charge is 2.18. The predicted molar refractivity (Wildman–Crippen MR) is 107 cm³/mol. The van der Waals surface area contributed by atoms with Gasteiger partial charge in [-0.05, 0) is 24.3 Å². The van der Waals surface area contributed by atoms with Crippen molar-refractivity contribution in [1.82, 2.24) is 4.57 Å². The number of hydrogen-bond acceptors (Lipinski definition) is 4. The lowest BCUT2D eigenvalue weighted by Crippen LogP contribution is -1.97. The normalized spacial score (nSPS) is 11.1. The van der Waals surface area contributed by atoms with Gasteiger partial charge in [0.25, 0.3) is 0 Å². The fourth-order valence-electron chi connectivity index (χ4n) is 3.03. The summed E-state index contributed by atoms with van der Waals surface area (Å²) in [6, 6.07) is 11.1. The molecule has 0 saturated heterocycles. The Morgan fingerprint density at radius 3 is 2.30 bits per heavy atom. The number of benzene rings is 2. The SMILES string of the molecule is COc1cc(OC)c(OC)cc1/C=C\C(=O)c1c(Cl)n(C)c2ccccc12. The Bertz CT molecular complexity index is 1040. The van der Waals surface area contributed by atoms with Gasteiger partial charge < -0.3 is 18.8 Å². The molecule has 3 aromatic rings. The number of ether oxygens (including phenoxy) is 3. The molecule has 0 radical (unpaired) electrons. The second-order valence-electron chi connectivity index (χ2n) is 5.89. The van der Waals surface area contributed by atoms with Gasteiger partial charge >= 0.3 is 0 Å². The molecule has 6 heteroatoms. The molecule has 0 N–H and O–H groups in total. The van der Waals surface area contributed by atoms with Gasteiger partial charge in [-0.3, -0.25) is 4.79 Å². The standard InChI is InChI=1S/C21H20ClNO4/c1-23-15-8-6-5-7-14(15)20(21(23)22)16(24)10-9-13-11-18(26-3)19(27-4)12-17(13)25-2/h5-12H,1-4H3/b10-9-. The highest BCUT2D eigenvalue weighted by molar-refractivity contribution is 6.36. The summed E-state index contributed by atoms with van der Waals surface area (Å²) in [5.41, 5.74) is 2.08. The van der Waals surface area contributed by atoms with E-state index in [0.717, 1.165) is 10.9 Å². The number of methoxy groups -OCH3 is 3. The molecule has 0 aliphatic heterocycles. The molecular formula is C21H20ClNO4. The first-order valence-corrected chi connectivity index (χ1v) is 8.65. The van der Waals surface area contributed by atoms with Gasteiger partial charge in [0.15, 0.2) is 17.3 Å². The van der Waals surface area contributed by atoms with Crippen molar-refractivity contribution in [3.05, 3.63) is 58.8 Å². The molecule has 1 heterocycles. The van der Waals surface area contributed by atoms with Crippen LogP contribution in [0.25, 0.3) is 17.0 Å². The number of nitrogens with zero attached hydrogens (tertiary/aromatic N) is 1. The van der Waals surface area contributed by atoms with Crippen LogP contribution >= 0.6 is 11.6 Å². The van der Waals surface area contributed by atoms with E-state index in [2.05, 4.69) is 0 Å². The highest BCUT2D eigenvalue weighted by atomic mass is 35.5. The number of ketones is 1. The second-order valence-corrected chi connectivity index (χ2v) is 6.25. The van der Waals surface area contributed by atoms with Crippen molar-refractivity contribution in [1.29, 1.82) is 0 Å². The molecule has 0 amide bonds. The summed E-state index contributed by atoms with van der Waals surface area (Å²) >= 11 is 6.41. The maximum atomic E-state index is 12.9. The maximum Gasteiger partial charge on any atom is 0.189 e. The molecule has 3 rings (SSSR count). The van der Waals surface area contributed by atoms with E-state index >= 15 is 0 Å². The van der Waals surface area contributed by atoms with Crippen molar-refractivity contribution in [2.45, 2.75) is 0 Å². The van der Waals surface area contributed by atoms with Crippen molar-refractivity contribution in [2.75, 3.05) is 21.3 Å². The number of allylic oxidation sites excluding steroid dienone is 1. The number of carbonyl (C=O) groups excluding carboxylic acids is 1. The zero-order chi connectivity index (χ0) is 19.6. The molecule has 0 spiro atoms. The molecule has 5 nitrogen and oxygen atoms in total. The summed E-state index contributed by atoms with van der Waals surface area (Å²) in [5.74, 6) is 1.48. The smallest absolute Gasteiger partial charge is 0.189 e. The Kier molecular flexibility index (Phi) is 5.42. The number of para-hydroxylation sites is 1. The van der Waals surface area contributed by atoms with E-state index < -0.39 is 0 Å². The van der Waals surface area contributed by atoms with Gasteiger partial charge in [0.2, 0.25) is 0 Å². The van der Waals surface area contributed by atoms with E-state index in [0.29, 0.717) is 33.5 Å². The lowest BCUT2D eigenvalue weighted by atomic mass is 10.1. The molecule has 2 aromatic carbocycles. The van der Waals surface area contributed by atoms with Crippen LogP contribution in [0.4, 0.5) is 0 Å². The number of aryl methyl sites for hydroxylation is 1. The highest BCUT2D eigenvalue weighted by Crippen LogP contribution is 2.35. The van der Waals surface area contributed by atoms with Crippen molar-refractivity contribution < 1.29 is 19.0 Å². The second kappa shape index (κ2) is 7.76. The summed E-state index contributed by atoms with van der Waals surface area (Å²) in [6.07, 6.45) is 3.17. The molecule has 0 bridgehead atoms. The maximum absolute atomic E-state index is 12.9. The van der Waals surface area contributed by atoms with Crippen molar-refractivity contribution in [3.8, 4) is 17.2 Å². The molecule has 0 atom stereocenters. The average Bonchev–Trinajstić information content (AvgIpc) is 2.96. The fourth-order valence-corrected chi connectivity index (χ4v) is 3.31. The van der Waals surface area contributed by atoms with Crippen LogP contribution in [0.1, 0.15) is 15.9 Å². The van der Waals surface area contributed by atoms with Gasteiger partial charge in [-0.25, -0.2) is 0 Å². The topological polar surface area (TPSA) is 49.7 Å². The van der Waals surface area contributed by atoms with Crippen LogP contribution in [0.15, 0.2) is 42.5 Å². The van der Waals surface area contributed by atoms with Gasteiger partial charge in [0, 0.05) is 29.6 Å². The fraction of sp³-hybridized carbons (Fsp3) is 0.190. The molecular weight excluding hydrogens is 366 g/mol. The van der Waals surface area contributed by atoms with Gasteiger partial charge in [-0.15, -0.1) is 0 Å². The first-order valence-electron chi connectivity index (χ1n) is 8.27. The molecule has 140 valence electrons. The average molecular weight is 386 g/mol. The largest absolute Gasteiger partial charge is 0.496 e. The third-order valence-corrected chi connectivity index (χ3v) is 4.87. The summed E-state index contributed by atoms with van der Waals surface area (Å²) < 4.78 is 17.8. The molecule has 0 unspecified atom stereocenters. The Balaban J connectivity index is 2.02. The van der Waals surface area contributed by atoms with Crippen LogP contribution in [0, 0.1) is 0 Å². The van der Waals surface area contributed by atoms with Crippen LogP contribution in [0.3, 0.4) is 0 Å². The Labute approximate surface area is 162 Å². The van der Waals surface area contributed by atoms with Gasteiger partial charge in [0.05, 0.1) is 26.9 Å². The molecule has 0 aliphatic rings. The van der Waals surface area contributed by atoms with E-state index in [1.165, 1.54) is 6.08 Å². The van der Waals surface area contributed by atoms with Crippen LogP contribution in [0.5, 0.6) is 17.2 Å². The first kappa shape index (κ1) is 18.9. The summed E-state index contributed by atoms with van der Waals surface area (Å²) in [5, 5.41) is 1.23. The Morgan fingerprint density at radius 2 is 1.63 bits per heavy atom. The number of hydrogen-bond donors (Lipinski definition) is 0. The lowest BCUT2D eigenvalue weighted by Gasteiger charge is -2.12. The minimum absolute atomic E-state index is 0.186. The zero-order valence-electron chi connectivity index (χ0n) is 15.6.